The zero-order valence-electron chi connectivity index (χ0n) is 16.4. The van der Waals surface area contributed by atoms with E-state index in [0.717, 1.165) is 24.3 Å². The average Bonchev–Trinajstić information content (AvgIpc) is 2.95. The Hall–Kier alpha value is -2.31. The first-order valence-electron chi connectivity index (χ1n) is 9.42. The van der Waals surface area contributed by atoms with Crippen LogP contribution >= 0.6 is 24.0 Å². The number of aryl methyl sites for hydroxylation is 1. The summed E-state index contributed by atoms with van der Waals surface area (Å²) in [7, 11) is 0. The average molecular weight is 412 g/mol. The van der Waals surface area contributed by atoms with Gasteiger partial charge >= 0.3 is 0 Å². The quantitative estimate of drug-likeness (QED) is 0.506. The van der Waals surface area contributed by atoms with Crippen LogP contribution in [0.25, 0.3) is 6.08 Å². The maximum Gasteiger partial charge on any atom is 0.267 e. The minimum absolute atomic E-state index is 0.0528. The van der Waals surface area contributed by atoms with Gasteiger partial charge in [-0.2, -0.15) is 0 Å². The van der Waals surface area contributed by atoms with Gasteiger partial charge in [0.1, 0.15) is 4.32 Å². The van der Waals surface area contributed by atoms with Gasteiger partial charge in [-0.1, -0.05) is 48.2 Å². The predicted octanol–water partition coefficient (Wildman–Crippen LogP) is 5.11. The van der Waals surface area contributed by atoms with Gasteiger partial charge in [0.2, 0.25) is 0 Å². The molecule has 28 heavy (non-hydrogen) atoms. The molecular weight excluding hydrogens is 386 g/mol. The Bertz CT molecular complexity index is 889. The van der Waals surface area contributed by atoms with Crippen molar-refractivity contribution in [3.63, 3.8) is 0 Å². The molecule has 0 aromatic heterocycles. The molecule has 1 N–H and O–H groups in total. The minimum Gasteiger partial charge on any atom is -0.372 e. The molecule has 2 aromatic rings. The number of carbonyl (C=O) groups is 1. The van der Waals surface area contributed by atoms with E-state index in [-0.39, 0.29) is 5.91 Å². The van der Waals surface area contributed by atoms with E-state index in [0.29, 0.717) is 15.9 Å². The van der Waals surface area contributed by atoms with Crippen molar-refractivity contribution < 1.29 is 4.79 Å². The van der Waals surface area contributed by atoms with Crippen molar-refractivity contribution >= 4 is 51.7 Å². The van der Waals surface area contributed by atoms with Gasteiger partial charge in [-0.3, -0.25) is 9.69 Å². The lowest BCUT2D eigenvalue weighted by Crippen LogP contribution is -2.33. The first kappa shape index (κ1) is 20.4. The van der Waals surface area contributed by atoms with Gasteiger partial charge in [0.05, 0.1) is 11.6 Å². The Balaban J connectivity index is 1.68. The molecule has 0 bridgehead atoms. The molecule has 6 heteroatoms. The number of thiocarbonyl (C=S) groups is 1. The third kappa shape index (κ3) is 4.75. The molecule has 0 unspecified atom stereocenters. The lowest BCUT2D eigenvalue weighted by molar-refractivity contribution is -0.121. The van der Waals surface area contributed by atoms with E-state index in [1.54, 1.807) is 4.90 Å². The highest BCUT2D eigenvalue weighted by atomic mass is 32.2. The number of anilines is 2. The number of nitrogens with zero attached hydrogens (tertiary/aromatic N) is 2. The molecule has 1 saturated heterocycles. The van der Waals surface area contributed by atoms with Gasteiger partial charge in [-0.25, -0.2) is 0 Å². The summed E-state index contributed by atoms with van der Waals surface area (Å²) in [6, 6.07) is 16.3. The maximum absolute atomic E-state index is 12.8. The molecular formula is C22H25N3OS2. The van der Waals surface area contributed by atoms with E-state index >= 15 is 0 Å². The van der Waals surface area contributed by atoms with Crippen LogP contribution in [0.15, 0.2) is 53.4 Å². The largest absolute Gasteiger partial charge is 0.372 e. The molecule has 2 aromatic carbocycles. The molecule has 4 nitrogen and oxygen atoms in total. The van der Waals surface area contributed by atoms with Crippen LogP contribution in [-0.4, -0.2) is 34.9 Å². The molecule has 0 spiro atoms. The fourth-order valence-electron chi connectivity index (χ4n) is 3.08. The third-order valence-corrected chi connectivity index (χ3v) is 6.03. The van der Waals surface area contributed by atoms with Crippen molar-refractivity contribution in [1.29, 1.82) is 0 Å². The van der Waals surface area contributed by atoms with E-state index in [2.05, 4.69) is 36.2 Å². The van der Waals surface area contributed by atoms with Crippen molar-refractivity contribution in [1.82, 2.24) is 4.90 Å². The second kappa shape index (κ2) is 9.26. The van der Waals surface area contributed by atoms with Gasteiger partial charge in [0.25, 0.3) is 5.91 Å². The summed E-state index contributed by atoms with van der Waals surface area (Å²) in [4.78, 5) is 17.3. The number of hydrogen-bond acceptors (Lipinski definition) is 5. The molecule has 146 valence electrons. The van der Waals surface area contributed by atoms with Crippen LogP contribution in [0.2, 0.25) is 0 Å². The topological polar surface area (TPSA) is 35.6 Å². The number of amides is 1. The molecule has 0 atom stereocenters. The summed E-state index contributed by atoms with van der Waals surface area (Å²) in [5.74, 6) is -0.0528. The first-order chi connectivity index (χ1) is 13.5. The van der Waals surface area contributed by atoms with Crippen molar-refractivity contribution in [3.8, 4) is 0 Å². The van der Waals surface area contributed by atoms with Gasteiger partial charge in [-0.15, -0.1) is 0 Å². The van der Waals surface area contributed by atoms with Crippen LogP contribution in [0.4, 0.5) is 11.4 Å². The Morgan fingerprint density at radius 2 is 1.86 bits per heavy atom. The summed E-state index contributed by atoms with van der Waals surface area (Å²) in [6.45, 7) is 8.65. The van der Waals surface area contributed by atoms with E-state index in [1.165, 1.54) is 23.0 Å². The monoisotopic (exact) mass is 411 g/mol. The molecule has 1 heterocycles. The van der Waals surface area contributed by atoms with Crippen LogP contribution in [-0.2, 0) is 4.79 Å². The van der Waals surface area contributed by atoms with E-state index < -0.39 is 0 Å². The number of hydrogen-bond donors (Lipinski definition) is 1. The Labute approximate surface area is 176 Å². The van der Waals surface area contributed by atoms with Gasteiger partial charge < -0.3 is 10.2 Å². The van der Waals surface area contributed by atoms with Crippen LogP contribution < -0.4 is 10.2 Å². The van der Waals surface area contributed by atoms with Crippen molar-refractivity contribution in [2.24, 2.45) is 0 Å². The number of thioether (sulfide) groups is 1. The first-order valence-corrected chi connectivity index (χ1v) is 10.6. The fraction of sp³-hybridized carbons (Fsp3) is 0.273. The number of benzene rings is 2. The number of carbonyl (C=O) groups excluding carboxylic acids is 1. The van der Waals surface area contributed by atoms with Gasteiger partial charge in [-0.05, 0) is 62.2 Å². The van der Waals surface area contributed by atoms with Crippen molar-refractivity contribution in [2.75, 3.05) is 30.0 Å². The molecule has 0 aliphatic carbocycles. The highest BCUT2D eigenvalue weighted by Crippen LogP contribution is 2.32. The SMILES string of the molecule is CCN(CC)c1ccc(/C=C2\SC(=S)N(CNc3cccc(C)c3)C2=O)cc1. The summed E-state index contributed by atoms with van der Waals surface area (Å²) in [5, 5.41) is 3.28. The van der Waals surface area contributed by atoms with Crippen LogP contribution in [0, 0.1) is 6.92 Å². The standard InChI is InChI=1S/C22H25N3OS2/c1-4-24(5-2)19-11-9-17(10-12-19)14-20-21(26)25(22(27)28-20)15-23-18-8-6-7-16(3)13-18/h6-14,23H,4-5,15H2,1-3H3/b20-14-. The summed E-state index contributed by atoms with van der Waals surface area (Å²) < 4.78 is 0.580. The molecule has 1 aliphatic heterocycles. The summed E-state index contributed by atoms with van der Waals surface area (Å²) >= 11 is 6.77. The molecule has 0 saturated carbocycles. The minimum atomic E-state index is -0.0528. The predicted molar refractivity (Wildman–Crippen MR) is 125 cm³/mol. The molecule has 0 radical (unpaired) electrons. The number of nitrogens with one attached hydrogen (secondary N) is 1. The van der Waals surface area contributed by atoms with Gasteiger partial charge in [0, 0.05) is 24.5 Å². The highest BCUT2D eigenvalue weighted by molar-refractivity contribution is 8.26. The maximum atomic E-state index is 12.8. The Morgan fingerprint density at radius 1 is 1.14 bits per heavy atom. The fourth-order valence-corrected chi connectivity index (χ4v) is 4.34. The Kier molecular flexibility index (Phi) is 6.75. The van der Waals surface area contributed by atoms with Gasteiger partial charge in [0.15, 0.2) is 0 Å². The number of rotatable bonds is 7. The smallest absolute Gasteiger partial charge is 0.267 e. The van der Waals surface area contributed by atoms with Crippen LogP contribution in [0.1, 0.15) is 25.0 Å². The second-order valence-corrected chi connectivity index (χ2v) is 8.25. The van der Waals surface area contributed by atoms with E-state index in [4.69, 9.17) is 12.2 Å². The van der Waals surface area contributed by atoms with Crippen LogP contribution in [0.5, 0.6) is 0 Å². The molecule has 1 amide bonds. The highest BCUT2D eigenvalue weighted by Gasteiger charge is 2.31. The zero-order valence-corrected chi connectivity index (χ0v) is 18.1. The second-order valence-electron chi connectivity index (χ2n) is 6.58. The van der Waals surface area contributed by atoms with E-state index in [9.17, 15) is 4.79 Å². The van der Waals surface area contributed by atoms with Crippen molar-refractivity contribution in [3.05, 3.63) is 64.6 Å². The Morgan fingerprint density at radius 3 is 2.50 bits per heavy atom. The lowest BCUT2D eigenvalue weighted by atomic mass is 10.1. The summed E-state index contributed by atoms with van der Waals surface area (Å²) in [5.41, 5.74) is 4.34. The lowest BCUT2D eigenvalue weighted by Gasteiger charge is -2.20. The third-order valence-electron chi connectivity index (χ3n) is 4.65. The van der Waals surface area contributed by atoms with E-state index in [1.807, 2.05) is 49.4 Å². The van der Waals surface area contributed by atoms with Crippen molar-refractivity contribution in [2.45, 2.75) is 20.8 Å². The molecule has 1 fully saturated rings. The zero-order chi connectivity index (χ0) is 20.1. The molecule has 3 rings (SSSR count). The van der Waals surface area contributed by atoms with Crippen LogP contribution in [0.3, 0.4) is 0 Å². The summed E-state index contributed by atoms with van der Waals surface area (Å²) in [6.07, 6.45) is 1.91. The molecule has 1 aliphatic rings. The normalized spacial score (nSPS) is 15.4.